The van der Waals surface area contributed by atoms with Crippen molar-refractivity contribution < 1.29 is 9.21 Å². The van der Waals surface area contributed by atoms with E-state index in [9.17, 15) is 4.79 Å². The van der Waals surface area contributed by atoms with Gasteiger partial charge in [0.1, 0.15) is 10.8 Å². The molecule has 5 rings (SSSR count). The number of aryl methyl sites for hydroxylation is 2. The highest BCUT2D eigenvalue weighted by Crippen LogP contribution is 2.44. The molecule has 0 aliphatic heterocycles. The number of hydrogen-bond acceptors (Lipinski definition) is 5. The monoisotopic (exact) mass is 443 g/mol. The first kappa shape index (κ1) is 20.5. The molecule has 0 unspecified atom stereocenters. The highest BCUT2D eigenvalue weighted by molar-refractivity contribution is 7.16. The predicted octanol–water partition coefficient (Wildman–Crippen LogP) is 6.38. The molecule has 5 nitrogen and oxygen atoms in total. The van der Waals surface area contributed by atoms with Crippen LogP contribution in [0.25, 0.3) is 0 Å². The van der Waals surface area contributed by atoms with E-state index < -0.39 is 0 Å². The summed E-state index contributed by atoms with van der Waals surface area (Å²) in [5, 5.41) is 7.66. The number of nitrogens with zero attached hydrogens (tertiary/aromatic N) is 1. The molecule has 3 heterocycles. The number of hydrogen-bond donors (Lipinski definition) is 2. The van der Waals surface area contributed by atoms with Gasteiger partial charge in [-0.05, 0) is 68.0 Å². The van der Waals surface area contributed by atoms with E-state index in [0.717, 1.165) is 41.2 Å². The minimum absolute atomic E-state index is 0.129. The average molecular weight is 444 g/mol. The van der Waals surface area contributed by atoms with Crippen molar-refractivity contribution in [3.8, 4) is 0 Å². The quantitative estimate of drug-likeness (QED) is 0.363. The molecule has 0 saturated heterocycles. The number of aromatic nitrogens is 1. The summed E-state index contributed by atoms with van der Waals surface area (Å²) in [4.78, 5) is 18.7. The third-order valence-electron chi connectivity index (χ3n) is 5.84. The van der Waals surface area contributed by atoms with Crippen LogP contribution in [0.5, 0.6) is 0 Å². The number of thiophene rings is 1. The number of amides is 1. The van der Waals surface area contributed by atoms with Crippen molar-refractivity contribution in [3.05, 3.63) is 99.9 Å². The van der Waals surface area contributed by atoms with E-state index in [1.165, 1.54) is 28.7 Å². The van der Waals surface area contributed by atoms with E-state index in [0.29, 0.717) is 5.76 Å². The summed E-state index contributed by atoms with van der Waals surface area (Å²) < 4.78 is 5.33. The van der Waals surface area contributed by atoms with E-state index >= 15 is 0 Å². The van der Waals surface area contributed by atoms with Gasteiger partial charge in [-0.25, -0.2) is 4.98 Å². The Morgan fingerprint density at radius 3 is 2.66 bits per heavy atom. The van der Waals surface area contributed by atoms with E-state index in [-0.39, 0.29) is 11.9 Å². The van der Waals surface area contributed by atoms with E-state index in [4.69, 9.17) is 4.42 Å². The Balaban J connectivity index is 1.61. The maximum absolute atomic E-state index is 12.9. The van der Waals surface area contributed by atoms with Gasteiger partial charge < -0.3 is 15.1 Å². The minimum atomic E-state index is -0.227. The van der Waals surface area contributed by atoms with Crippen molar-refractivity contribution in [1.82, 2.24) is 4.98 Å². The van der Waals surface area contributed by atoms with Crippen LogP contribution in [0.1, 0.15) is 56.6 Å². The van der Waals surface area contributed by atoms with Gasteiger partial charge in [0.25, 0.3) is 5.91 Å². The van der Waals surface area contributed by atoms with Gasteiger partial charge in [0.2, 0.25) is 0 Å². The minimum Gasteiger partial charge on any atom is -0.459 e. The zero-order valence-electron chi connectivity index (χ0n) is 17.9. The smallest absolute Gasteiger partial charge is 0.291 e. The van der Waals surface area contributed by atoms with Gasteiger partial charge in [-0.15, -0.1) is 11.3 Å². The number of carbonyl (C=O) groups excluding carboxylic acids is 1. The summed E-state index contributed by atoms with van der Waals surface area (Å²) in [6, 6.07) is 17.7. The van der Waals surface area contributed by atoms with E-state index in [1.807, 2.05) is 18.2 Å². The first-order valence-corrected chi connectivity index (χ1v) is 11.7. The van der Waals surface area contributed by atoms with Crippen LogP contribution < -0.4 is 10.6 Å². The van der Waals surface area contributed by atoms with Crippen LogP contribution in [0, 0.1) is 6.92 Å². The Hall–Kier alpha value is -3.38. The summed E-state index contributed by atoms with van der Waals surface area (Å²) in [5.41, 5.74) is 4.84. The number of nitrogens with one attached hydrogen (secondary N) is 2. The molecule has 0 spiro atoms. The van der Waals surface area contributed by atoms with Crippen molar-refractivity contribution in [3.63, 3.8) is 0 Å². The second kappa shape index (κ2) is 9.01. The third kappa shape index (κ3) is 4.18. The Morgan fingerprint density at radius 1 is 1.06 bits per heavy atom. The number of rotatable bonds is 6. The number of furan rings is 1. The molecular formula is C26H25N3O2S. The molecule has 1 amide bonds. The topological polar surface area (TPSA) is 67.2 Å². The number of anilines is 2. The summed E-state index contributed by atoms with van der Waals surface area (Å²) in [7, 11) is 0. The predicted molar refractivity (Wildman–Crippen MR) is 129 cm³/mol. The summed E-state index contributed by atoms with van der Waals surface area (Å²) in [6.07, 6.45) is 7.72. The Bertz CT molecular complexity index is 1200. The molecule has 0 saturated carbocycles. The zero-order valence-corrected chi connectivity index (χ0v) is 18.7. The Labute approximate surface area is 191 Å². The zero-order chi connectivity index (χ0) is 21.9. The number of fused-ring (bicyclic) bond motifs is 1. The van der Waals surface area contributed by atoms with Crippen molar-refractivity contribution in [2.45, 2.75) is 38.6 Å². The highest BCUT2D eigenvalue weighted by Gasteiger charge is 2.29. The molecule has 0 radical (unpaired) electrons. The average Bonchev–Trinajstić information content (AvgIpc) is 3.47. The third-order valence-corrected chi connectivity index (χ3v) is 7.06. The largest absolute Gasteiger partial charge is 0.459 e. The summed E-state index contributed by atoms with van der Waals surface area (Å²) >= 11 is 1.69. The number of benzene rings is 1. The molecule has 1 aromatic carbocycles. The molecule has 3 aromatic heterocycles. The molecule has 1 aliphatic rings. The first-order chi connectivity index (χ1) is 15.7. The van der Waals surface area contributed by atoms with Crippen LogP contribution >= 0.6 is 11.3 Å². The molecule has 0 bridgehead atoms. The molecule has 0 fully saturated rings. The van der Waals surface area contributed by atoms with Gasteiger partial charge in [0, 0.05) is 16.6 Å². The summed E-state index contributed by atoms with van der Waals surface area (Å²) in [5.74, 6) is 0.888. The molecular weight excluding hydrogens is 418 g/mol. The molecule has 1 atom stereocenters. The van der Waals surface area contributed by atoms with Crippen LogP contribution in [-0.2, 0) is 12.8 Å². The summed E-state index contributed by atoms with van der Waals surface area (Å²) in [6.45, 7) is 2.09. The van der Waals surface area contributed by atoms with Crippen molar-refractivity contribution in [1.29, 1.82) is 0 Å². The molecule has 32 heavy (non-hydrogen) atoms. The van der Waals surface area contributed by atoms with Crippen LogP contribution in [0.15, 0.2) is 71.5 Å². The van der Waals surface area contributed by atoms with Crippen molar-refractivity contribution in [2.75, 3.05) is 10.6 Å². The van der Waals surface area contributed by atoms with Gasteiger partial charge in [-0.3, -0.25) is 4.79 Å². The van der Waals surface area contributed by atoms with Gasteiger partial charge in [0.15, 0.2) is 5.76 Å². The molecule has 1 aliphatic carbocycles. The fraction of sp³-hybridized carbons (Fsp3) is 0.231. The molecule has 4 aromatic rings. The lowest BCUT2D eigenvalue weighted by molar-refractivity contribution is 0.0997. The van der Waals surface area contributed by atoms with Gasteiger partial charge in [-0.2, -0.15) is 0 Å². The highest BCUT2D eigenvalue weighted by atomic mass is 32.1. The van der Waals surface area contributed by atoms with Crippen molar-refractivity contribution in [2.24, 2.45) is 0 Å². The lowest BCUT2D eigenvalue weighted by atomic mass is 9.89. The van der Waals surface area contributed by atoms with Crippen LogP contribution in [0.4, 0.5) is 10.8 Å². The Kier molecular flexibility index (Phi) is 5.77. The maximum atomic E-state index is 12.9. The fourth-order valence-corrected chi connectivity index (χ4v) is 5.56. The van der Waals surface area contributed by atoms with Gasteiger partial charge >= 0.3 is 0 Å². The van der Waals surface area contributed by atoms with Crippen molar-refractivity contribution >= 4 is 28.1 Å². The van der Waals surface area contributed by atoms with Gasteiger partial charge in [-0.1, -0.05) is 35.9 Å². The number of pyridine rings is 1. The number of carbonyl (C=O) groups is 1. The lowest BCUT2D eigenvalue weighted by Gasteiger charge is -2.24. The molecule has 162 valence electrons. The lowest BCUT2D eigenvalue weighted by Crippen LogP contribution is -2.18. The molecule has 2 N–H and O–H groups in total. The van der Waals surface area contributed by atoms with Crippen LogP contribution in [-0.4, -0.2) is 10.9 Å². The Morgan fingerprint density at radius 2 is 1.91 bits per heavy atom. The standard InChI is InChI=1S/C26H25N3O2S/c1-17-11-13-18(14-12-17)24(28-22-10-4-5-15-27-22)23-19-7-2-3-9-21(19)32-26(23)29-25(30)20-8-6-16-31-20/h4-6,8,10-16,24H,2-3,7,9H2,1H3,(H,27,28)(H,29,30)/t24-/m1/s1. The van der Waals surface area contributed by atoms with Crippen LogP contribution in [0.3, 0.4) is 0 Å². The maximum Gasteiger partial charge on any atom is 0.291 e. The van der Waals surface area contributed by atoms with Crippen LogP contribution in [0.2, 0.25) is 0 Å². The van der Waals surface area contributed by atoms with Gasteiger partial charge in [0.05, 0.1) is 12.3 Å². The SMILES string of the molecule is Cc1ccc([C@@H](Nc2ccccn2)c2c(NC(=O)c3ccco3)sc3c2CCCC3)cc1. The van der Waals surface area contributed by atoms with E-state index in [2.05, 4.69) is 46.8 Å². The second-order valence-corrected chi connectivity index (χ2v) is 9.19. The van der Waals surface area contributed by atoms with E-state index in [1.54, 1.807) is 29.7 Å². The second-order valence-electron chi connectivity index (χ2n) is 8.09. The first-order valence-electron chi connectivity index (χ1n) is 10.9. The fourth-order valence-electron chi connectivity index (χ4n) is 4.24. The normalized spacial score (nSPS) is 13.9. The molecule has 6 heteroatoms.